The van der Waals surface area contributed by atoms with Gasteiger partial charge >= 0.3 is 0 Å². The van der Waals surface area contributed by atoms with E-state index in [1.807, 2.05) is 43.3 Å². The van der Waals surface area contributed by atoms with Gasteiger partial charge in [-0.3, -0.25) is 9.78 Å². The van der Waals surface area contributed by atoms with Crippen molar-refractivity contribution >= 4 is 5.78 Å². The van der Waals surface area contributed by atoms with E-state index in [4.69, 9.17) is 4.74 Å². The molecule has 0 bridgehead atoms. The standard InChI is InChI=1S/C15H15NO2/c1-10-14(11(2)17)8-9-15(16-10)12-4-6-13(18-3)7-5-12/h4-9H,1-3H3. The first-order valence-corrected chi connectivity index (χ1v) is 5.75. The molecular weight excluding hydrogens is 226 g/mol. The molecule has 18 heavy (non-hydrogen) atoms. The van der Waals surface area contributed by atoms with Crippen LogP contribution in [0, 0.1) is 6.92 Å². The van der Waals surface area contributed by atoms with E-state index in [0.717, 1.165) is 22.7 Å². The van der Waals surface area contributed by atoms with Crippen LogP contribution in [0.15, 0.2) is 36.4 Å². The summed E-state index contributed by atoms with van der Waals surface area (Å²) in [6.07, 6.45) is 0. The average Bonchev–Trinajstić information content (AvgIpc) is 2.38. The first-order valence-electron chi connectivity index (χ1n) is 5.75. The Morgan fingerprint density at radius 3 is 2.28 bits per heavy atom. The molecule has 0 aliphatic carbocycles. The monoisotopic (exact) mass is 241 g/mol. The van der Waals surface area contributed by atoms with E-state index in [1.165, 1.54) is 0 Å². The van der Waals surface area contributed by atoms with Gasteiger partial charge in [0.25, 0.3) is 0 Å². The summed E-state index contributed by atoms with van der Waals surface area (Å²) in [5, 5.41) is 0. The number of rotatable bonds is 3. The van der Waals surface area contributed by atoms with Gasteiger partial charge in [0.1, 0.15) is 5.75 Å². The van der Waals surface area contributed by atoms with Crippen molar-refractivity contribution in [2.24, 2.45) is 0 Å². The van der Waals surface area contributed by atoms with Gasteiger partial charge in [-0.15, -0.1) is 0 Å². The van der Waals surface area contributed by atoms with E-state index in [-0.39, 0.29) is 5.78 Å². The lowest BCUT2D eigenvalue weighted by Crippen LogP contribution is -1.99. The number of aromatic nitrogens is 1. The summed E-state index contributed by atoms with van der Waals surface area (Å²) in [5.41, 5.74) is 3.30. The number of hydrogen-bond acceptors (Lipinski definition) is 3. The number of ether oxygens (including phenoxy) is 1. The molecule has 0 atom stereocenters. The third-order valence-electron chi connectivity index (χ3n) is 2.85. The summed E-state index contributed by atoms with van der Waals surface area (Å²) in [6, 6.07) is 11.4. The smallest absolute Gasteiger partial charge is 0.161 e. The molecule has 0 saturated carbocycles. The van der Waals surface area contributed by atoms with Crippen molar-refractivity contribution in [3.05, 3.63) is 47.7 Å². The van der Waals surface area contributed by atoms with E-state index < -0.39 is 0 Å². The molecule has 0 aliphatic rings. The second-order valence-electron chi connectivity index (χ2n) is 4.11. The van der Waals surface area contributed by atoms with Gasteiger partial charge in [0.05, 0.1) is 12.8 Å². The van der Waals surface area contributed by atoms with Crippen molar-refractivity contribution in [1.82, 2.24) is 4.98 Å². The predicted octanol–water partition coefficient (Wildman–Crippen LogP) is 3.27. The van der Waals surface area contributed by atoms with Gasteiger partial charge in [0, 0.05) is 16.8 Å². The highest BCUT2D eigenvalue weighted by molar-refractivity contribution is 5.95. The van der Waals surface area contributed by atoms with Crippen molar-refractivity contribution in [2.75, 3.05) is 7.11 Å². The Kier molecular flexibility index (Phi) is 3.42. The lowest BCUT2D eigenvalue weighted by molar-refractivity contribution is 0.101. The Labute approximate surface area is 106 Å². The number of carbonyl (C=O) groups excluding carboxylic acids is 1. The molecule has 1 heterocycles. The number of pyridine rings is 1. The second-order valence-corrected chi connectivity index (χ2v) is 4.11. The van der Waals surface area contributed by atoms with E-state index >= 15 is 0 Å². The maximum atomic E-state index is 11.3. The molecule has 3 nitrogen and oxygen atoms in total. The number of methoxy groups -OCH3 is 1. The molecule has 0 N–H and O–H groups in total. The van der Waals surface area contributed by atoms with Gasteiger partial charge < -0.3 is 4.74 Å². The van der Waals surface area contributed by atoms with Gasteiger partial charge in [0.2, 0.25) is 0 Å². The van der Waals surface area contributed by atoms with Crippen molar-refractivity contribution in [2.45, 2.75) is 13.8 Å². The van der Waals surface area contributed by atoms with Crippen molar-refractivity contribution < 1.29 is 9.53 Å². The molecule has 0 unspecified atom stereocenters. The van der Waals surface area contributed by atoms with Gasteiger partial charge in [-0.1, -0.05) is 0 Å². The normalized spacial score (nSPS) is 10.2. The van der Waals surface area contributed by atoms with Crippen LogP contribution in [0.4, 0.5) is 0 Å². The molecule has 1 aromatic heterocycles. The van der Waals surface area contributed by atoms with Crippen molar-refractivity contribution in [3.63, 3.8) is 0 Å². The first kappa shape index (κ1) is 12.3. The van der Waals surface area contributed by atoms with Crippen LogP contribution in [0.1, 0.15) is 23.0 Å². The van der Waals surface area contributed by atoms with E-state index in [9.17, 15) is 4.79 Å². The molecule has 2 rings (SSSR count). The Morgan fingerprint density at radius 1 is 1.11 bits per heavy atom. The zero-order valence-corrected chi connectivity index (χ0v) is 10.7. The summed E-state index contributed by atoms with van der Waals surface area (Å²) in [5.74, 6) is 0.858. The number of benzene rings is 1. The summed E-state index contributed by atoms with van der Waals surface area (Å²) in [7, 11) is 1.64. The van der Waals surface area contributed by atoms with E-state index in [0.29, 0.717) is 5.56 Å². The maximum Gasteiger partial charge on any atom is 0.161 e. The lowest BCUT2D eigenvalue weighted by atomic mass is 10.1. The van der Waals surface area contributed by atoms with Crippen LogP contribution in [0.3, 0.4) is 0 Å². The molecule has 0 amide bonds. The zero-order chi connectivity index (χ0) is 13.1. The van der Waals surface area contributed by atoms with E-state index in [1.54, 1.807) is 14.0 Å². The van der Waals surface area contributed by atoms with Crippen LogP contribution in [0.5, 0.6) is 5.75 Å². The van der Waals surface area contributed by atoms with Gasteiger partial charge in [-0.25, -0.2) is 0 Å². The molecule has 0 aliphatic heterocycles. The van der Waals surface area contributed by atoms with Crippen molar-refractivity contribution in [3.8, 4) is 17.0 Å². The third-order valence-corrected chi connectivity index (χ3v) is 2.85. The molecule has 0 radical (unpaired) electrons. The molecule has 1 aromatic carbocycles. The Morgan fingerprint density at radius 2 is 1.78 bits per heavy atom. The second kappa shape index (κ2) is 5.00. The van der Waals surface area contributed by atoms with Crippen LogP contribution >= 0.6 is 0 Å². The van der Waals surface area contributed by atoms with Crippen LogP contribution < -0.4 is 4.74 Å². The van der Waals surface area contributed by atoms with E-state index in [2.05, 4.69) is 4.98 Å². The van der Waals surface area contributed by atoms with Crippen molar-refractivity contribution in [1.29, 1.82) is 0 Å². The highest BCUT2D eigenvalue weighted by atomic mass is 16.5. The Hall–Kier alpha value is -2.16. The molecule has 2 aromatic rings. The minimum atomic E-state index is 0.0429. The van der Waals surface area contributed by atoms with Gasteiger partial charge in [0.15, 0.2) is 5.78 Å². The fourth-order valence-corrected chi connectivity index (χ4v) is 1.86. The average molecular weight is 241 g/mol. The zero-order valence-electron chi connectivity index (χ0n) is 10.7. The molecule has 0 fully saturated rings. The summed E-state index contributed by atoms with van der Waals surface area (Å²) < 4.78 is 5.11. The highest BCUT2D eigenvalue weighted by Crippen LogP contribution is 2.22. The van der Waals surface area contributed by atoms with Gasteiger partial charge in [-0.2, -0.15) is 0 Å². The highest BCUT2D eigenvalue weighted by Gasteiger charge is 2.07. The van der Waals surface area contributed by atoms with Gasteiger partial charge in [-0.05, 0) is 50.2 Å². The fraction of sp³-hybridized carbons (Fsp3) is 0.200. The SMILES string of the molecule is COc1ccc(-c2ccc(C(C)=O)c(C)n2)cc1. The number of hydrogen-bond donors (Lipinski definition) is 0. The predicted molar refractivity (Wildman–Crippen MR) is 71.0 cm³/mol. The number of aryl methyl sites for hydroxylation is 1. The topological polar surface area (TPSA) is 39.2 Å². The van der Waals surface area contributed by atoms with Crippen LogP contribution in [0.2, 0.25) is 0 Å². The van der Waals surface area contributed by atoms with Crippen LogP contribution in [-0.4, -0.2) is 17.9 Å². The fourth-order valence-electron chi connectivity index (χ4n) is 1.86. The largest absolute Gasteiger partial charge is 0.497 e. The molecular formula is C15H15NO2. The maximum absolute atomic E-state index is 11.3. The van der Waals surface area contributed by atoms with Crippen LogP contribution in [-0.2, 0) is 0 Å². The Balaban J connectivity index is 2.39. The Bertz CT molecular complexity index is 574. The molecule has 0 saturated heterocycles. The number of nitrogens with zero attached hydrogens (tertiary/aromatic N) is 1. The number of ketones is 1. The number of Topliss-reactive ketones (excluding diaryl/α,β-unsaturated/α-hetero) is 1. The summed E-state index contributed by atoms with van der Waals surface area (Å²) in [6.45, 7) is 3.40. The minimum Gasteiger partial charge on any atom is -0.497 e. The lowest BCUT2D eigenvalue weighted by Gasteiger charge is -2.06. The molecule has 0 spiro atoms. The summed E-state index contributed by atoms with van der Waals surface area (Å²) in [4.78, 5) is 15.8. The molecule has 3 heteroatoms. The molecule has 92 valence electrons. The quantitative estimate of drug-likeness (QED) is 0.774. The minimum absolute atomic E-state index is 0.0429. The van der Waals surface area contributed by atoms with Crippen LogP contribution in [0.25, 0.3) is 11.3 Å². The number of carbonyl (C=O) groups is 1. The summed E-state index contributed by atoms with van der Waals surface area (Å²) >= 11 is 0. The first-order chi connectivity index (χ1) is 8.61. The third kappa shape index (κ3) is 2.40.